The van der Waals surface area contributed by atoms with Crippen LogP contribution in [-0.4, -0.2) is 36.5 Å². The average molecular weight is 429 g/mol. The van der Waals surface area contributed by atoms with E-state index in [0.717, 1.165) is 30.7 Å². The van der Waals surface area contributed by atoms with E-state index < -0.39 is 5.97 Å². The van der Waals surface area contributed by atoms with E-state index in [1.54, 1.807) is 19.4 Å². The first kappa shape index (κ1) is 22.2. The summed E-state index contributed by atoms with van der Waals surface area (Å²) in [5, 5.41) is 9.62. The predicted octanol–water partition coefficient (Wildman–Crippen LogP) is 6.30. The summed E-state index contributed by atoms with van der Waals surface area (Å²) in [6.07, 6.45) is 3.83. The van der Waals surface area contributed by atoms with E-state index in [4.69, 9.17) is 16.3 Å². The molecule has 3 rings (SSSR count). The van der Waals surface area contributed by atoms with Crippen molar-refractivity contribution in [1.82, 2.24) is 0 Å². The van der Waals surface area contributed by atoms with Gasteiger partial charge in [-0.1, -0.05) is 25.4 Å². The minimum atomic E-state index is -1.01. The molecule has 0 fully saturated rings. The Morgan fingerprint density at radius 2 is 2.10 bits per heavy atom. The highest BCUT2D eigenvalue weighted by Gasteiger charge is 2.36. The van der Waals surface area contributed by atoms with Gasteiger partial charge >= 0.3 is 5.97 Å². The third-order valence-corrected chi connectivity index (χ3v) is 6.04. The summed E-state index contributed by atoms with van der Waals surface area (Å²) in [7, 11) is 1.65. The number of benzene rings is 2. The van der Waals surface area contributed by atoms with E-state index in [-0.39, 0.29) is 11.1 Å². The summed E-state index contributed by atoms with van der Waals surface area (Å²) in [5.41, 5.74) is 3.97. The Bertz CT molecular complexity index is 985. The number of anilines is 1. The highest BCUT2D eigenvalue weighted by molar-refractivity contribution is 6.33. The minimum absolute atomic E-state index is 0.0772. The van der Waals surface area contributed by atoms with Gasteiger partial charge in [-0.2, -0.15) is 0 Å². The number of hydrogen-bond donors (Lipinski definition) is 1. The summed E-state index contributed by atoms with van der Waals surface area (Å²) >= 11 is 6.22. The predicted molar refractivity (Wildman–Crippen MR) is 123 cm³/mol. The van der Waals surface area contributed by atoms with Gasteiger partial charge in [-0.15, -0.1) is 0 Å². The van der Waals surface area contributed by atoms with Gasteiger partial charge in [0.05, 0.1) is 23.4 Å². The van der Waals surface area contributed by atoms with Crippen LogP contribution in [0.2, 0.25) is 5.02 Å². The summed E-state index contributed by atoms with van der Waals surface area (Å²) in [6, 6.07) is 8.72. The summed E-state index contributed by atoms with van der Waals surface area (Å²) in [5.74, 6) is 0.121. The van der Waals surface area contributed by atoms with Crippen LogP contribution < -0.4 is 9.64 Å². The summed E-state index contributed by atoms with van der Waals surface area (Å²) < 4.78 is 5.68. The van der Waals surface area contributed by atoms with Gasteiger partial charge in [0.25, 0.3) is 0 Å². The lowest BCUT2D eigenvalue weighted by atomic mass is 9.79. The Kier molecular flexibility index (Phi) is 6.41. The Morgan fingerprint density at radius 1 is 1.37 bits per heavy atom. The average Bonchev–Trinajstić information content (AvgIpc) is 2.69. The summed E-state index contributed by atoms with van der Waals surface area (Å²) in [6.45, 7) is 10.0. The molecule has 2 aromatic rings. The van der Waals surface area contributed by atoms with Crippen molar-refractivity contribution in [2.45, 2.75) is 52.0 Å². The van der Waals surface area contributed by atoms with E-state index in [1.165, 1.54) is 23.4 Å². The molecule has 1 unspecified atom stereocenters. The topological polar surface area (TPSA) is 62.1 Å². The van der Waals surface area contributed by atoms with Crippen LogP contribution in [0.15, 0.2) is 35.3 Å². The molecule has 2 aromatic carbocycles. The van der Waals surface area contributed by atoms with Gasteiger partial charge in [0, 0.05) is 35.6 Å². The van der Waals surface area contributed by atoms with Crippen molar-refractivity contribution in [3.63, 3.8) is 0 Å². The molecule has 0 amide bonds. The third kappa shape index (κ3) is 4.31. The molecular weight excluding hydrogens is 400 g/mol. The first-order valence-electron chi connectivity index (χ1n) is 10.2. The monoisotopic (exact) mass is 428 g/mol. The second kappa shape index (κ2) is 8.68. The van der Waals surface area contributed by atoms with Crippen molar-refractivity contribution in [3.8, 4) is 5.75 Å². The highest BCUT2D eigenvalue weighted by Crippen LogP contribution is 2.45. The fourth-order valence-electron chi connectivity index (χ4n) is 4.34. The van der Waals surface area contributed by atoms with Crippen LogP contribution in [-0.2, 0) is 0 Å². The molecule has 0 bridgehead atoms. The van der Waals surface area contributed by atoms with Gasteiger partial charge in [0.2, 0.25) is 0 Å². The Morgan fingerprint density at radius 3 is 2.73 bits per heavy atom. The largest absolute Gasteiger partial charge is 0.496 e. The van der Waals surface area contributed by atoms with Crippen LogP contribution in [0.25, 0.3) is 0 Å². The van der Waals surface area contributed by atoms with Crippen LogP contribution in [0.4, 0.5) is 11.4 Å². The maximum Gasteiger partial charge on any atom is 0.335 e. The Balaban J connectivity index is 2.06. The number of carbonyl (C=O) groups is 1. The first-order chi connectivity index (χ1) is 14.2. The van der Waals surface area contributed by atoms with E-state index >= 15 is 0 Å². The number of carboxylic acid groups (broad SMARTS) is 1. The molecular formula is C24H29ClN2O3. The number of aliphatic imine (C=N–C) groups is 1. The van der Waals surface area contributed by atoms with Crippen molar-refractivity contribution in [2.75, 3.05) is 18.6 Å². The molecule has 30 heavy (non-hydrogen) atoms. The molecule has 6 heteroatoms. The molecule has 1 N–H and O–H groups in total. The van der Waals surface area contributed by atoms with Gasteiger partial charge in [0.15, 0.2) is 0 Å². The lowest BCUT2D eigenvalue weighted by Crippen LogP contribution is -2.48. The number of carboxylic acids is 1. The van der Waals surface area contributed by atoms with Crippen molar-refractivity contribution < 1.29 is 14.6 Å². The van der Waals surface area contributed by atoms with Crippen molar-refractivity contribution >= 4 is 35.2 Å². The van der Waals surface area contributed by atoms with Crippen LogP contribution >= 0.6 is 11.6 Å². The van der Waals surface area contributed by atoms with E-state index in [0.29, 0.717) is 16.6 Å². The second-order valence-corrected chi connectivity index (χ2v) is 8.86. The van der Waals surface area contributed by atoms with Gasteiger partial charge in [0.1, 0.15) is 5.75 Å². The van der Waals surface area contributed by atoms with Crippen LogP contribution in [0.1, 0.15) is 67.9 Å². The van der Waals surface area contributed by atoms with Gasteiger partial charge < -0.3 is 14.7 Å². The van der Waals surface area contributed by atoms with E-state index in [2.05, 4.69) is 49.7 Å². The normalized spacial score (nSPS) is 17.8. The number of rotatable bonds is 6. The molecule has 0 aliphatic carbocycles. The summed E-state index contributed by atoms with van der Waals surface area (Å²) in [4.78, 5) is 18.2. The van der Waals surface area contributed by atoms with E-state index in [9.17, 15) is 9.90 Å². The number of nitrogens with zero attached hydrogens (tertiary/aromatic N) is 2. The third-order valence-electron chi connectivity index (χ3n) is 5.72. The van der Waals surface area contributed by atoms with Crippen LogP contribution in [0.5, 0.6) is 5.75 Å². The molecule has 0 radical (unpaired) electrons. The van der Waals surface area contributed by atoms with E-state index in [1.807, 2.05) is 0 Å². The Labute approximate surface area is 183 Å². The molecule has 0 saturated heterocycles. The molecule has 0 spiro atoms. The van der Waals surface area contributed by atoms with Gasteiger partial charge in [-0.25, -0.2) is 4.79 Å². The number of hydrogen-bond acceptors (Lipinski definition) is 4. The molecule has 5 nitrogen and oxygen atoms in total. The fourth-order valence-corrected chi connectivity index (χ4v) is 4.50. The molecule has 0 saturated carbocycles. The second-order valence-electron chi connectivity index (χ2n) is 8.45. The zero-order valence-electron chi connectivity index (χ0n) is 18.2. The van der Waals surface area contributed by atoms with Crippen molar-refractivity contribution in [3.05, 3.63) is 52.0 Å². The molecule has 1 aliphatic heterocycles. The Hall–Kier alpha value is -2.53. The fraction of sp³-hybridized carbons (Fsp3) is 0.417. The first-order valence-corrected chi connectivity index (χ1v) is 10.6. The lowest BCUT2D eigenvalue weighted by molar-refractivity contribution is 0.0697. The molecule has 1 atom stereocenters. The van der Waals surface area contributed by atoms with Crippen molar-refractivity contribution in [2.24, 2.45) is 4.99 Å². The number of aromatic carboxylic acids is 1. The number of fused-ring (bicyclic) bond motifs is 1. The smallest absolute Gasteiger partial charge is 0.335 e. The van der Waals surface area contributed by atoms with Crippen LogP contribution in [0.3, 0.4) is 0 Å². The molecule has 1 aliphatic rings. The molecule has 1 heterocycles. The maximum atomic E-state index is 11.3. The molecule has 160 valence electrons. The standard InChI is InChI=1S/C24H29ClN2O3/c1-6-9-27-21-12-22(30-5)17(10-18(21)15(2)13-24(27,3)4)14-26-20-11-16(23(28)29)7-8-19(20)25/h7-8,10-12,14-15H,6,9,13H2,1-5H3,(H,28,29). The number of methoxy groups -OCH3 is 1. The minimum Gasteiger partial charge on any atom is -0.496 e. The lowest BCUT2D eigenvalue weighted by Gasteiger charge is -2.47. The van der Waals surface area contributed by atoms with Crippen molar-refractivity contribution in [1.29, 1.82) is 0 Å². The highest BCUT2D eigenvalue weighted by atomic mass is 35.5. The zero-order valence-corrected chi connectivity index (χ0v) is 19.0. The zero-order chi connectivity index (χ0) is 22.1. The SMILES string of the molecule is CCCN1c2cc(OC)c(C=Nc3cc(C(=O)O)ccc3Cl)cc2C(C)CC1(C)C. The van der Waals surface area contributed by atoms with Crippen LogP contribution in [0, 0.1) is 0 Å². The number of ether oxygens (including phenoxy) is 1. The number of halogens is 1. The maximum absolute atomic E-state index is 11.3. The quantitative estimate of drug-likeness (QED) is 0.548. The van der Waals surface area contributed by atoms with Gasteiger partial charge in [-0.3, -0.25) is 4.99 Å². The van der Waals surface area contributed by atoms with Gasteiger partial charge in [-0.05, 0) is 62.4 Å². The molecule has 0 aromatic heterocycles.